The minimum absolute atomic E-state index is 0.468. The van der Waals surface area contributed by atoms with Gasteiger partial charge in [-0.15, -0.1) is 0 Å². The molecule has 0 aliphatic heterocycles. The van der Waals surface area contributed by atoms with Gasteiger partial charge in [0.05, 0.1) is 0 Å². The number of thiazole rings is 1. The molecule has 0 bridgehead atoms. The molecule has 1 aromatic carbocycles. The molecule has 0 aliphatic rings. The molecule has 2 nitrogen and oxygen atoms in total. The van der Waals surface area contributed by atoms with Crippen molar-refractivity contribution < 1.29 is 4.74 Å². The van der Waals surface area contributed by atoms with Crippen LogP contribution < -0.4 is 4.74 Å². The molecule has 0 amide bonds. The van der Waals surface area contributed by atoms with E-state index in [4.69, 9.17) is 16.3 Å². The van der Waals surface area contributed by atoms with E-state index in [-0.39, 0.29) is 0 Å². The summed E-state index contributed by atoms with van der Waals surface area (Å²) in [5, 5.41) is 2.77. The van der Waals surface area contributed by atoms with Gasteiger partial charge in [0.15, 0.2) is 0 Å². The molecule has 72 valence electrons. The molecule has 0 spiro atoms. The van der Waals surface area contributed by atoms with Crippen LogP contribution in [0.2, 0.25) is 5.15 Å². The van der Waals surface area contributed by atoms with E-state index < -0.39 is 0 Å². The molecule has 0 radical (unpaired) electrons. The zero-order valence-corrected chi connectivity index (χ0v) is 10.6. The van der Waals surface area contributed by atoms with Crippen LogP contribution in [0.5, 0.6) is 10.9 Å². The summed E-state index contributed by atoms with van der Waals surface area (Å²) >= 11 is 9.29. The first kappa shape index (κ1) is 10.2. The molecule has 0 saturated heterocycles. The number of nitrogens with zero attached hydrogens (tertiary/aromatic N) is 1. The molecule has 0 unspecified atom stereocenters. The van der Waals surface area contributed by atoms with Crippen LogP contribution in [0, 0.1) is 3.57 Å². The SMILES string of the molecule is Clc1csc(Oc2ccc(I)cc2)n1. The lowest BCUT2D eigenvalue weighted by Crippen LogP contribution is -1.82. The Morgan fingerprint density at radius 1 is 1.29 bits per heavy atom. The fraction of sp³-hybridized carbons (Fsp3) is 0. The molecule has 0 fully saturated rings. The van der Waals surface area contributed by atoms with Gasteiger partial charge in [-0.25, -0.2) is 0 Å². The molecule has 2 rings (SSSR count). The van der Waals surface area contributed by atoms with Crippen molar-refractivity contribution in [2.75, 3.05) is 0 Å². The second-order valence-corrected chi connectivity index (χ2v) is 4.95. The predicted molar refractivity (Wildman–Crippen MR) is 66.4 cm³/mol. The lowest BCUT2D eigenvalue weighted by atomic mass is 10.3. The zero-order valence-electron chi connectivity index (χ0n) is 6.91. The first-order chi connectivity index (χ1) is 6.74. The van der Waals surface area contributed by atoms with E-state index in [9.17, 15) is 0 Å². The van der Waals surface area contributed by atoms with E-state index in [0.29, 0.717) is 10.3 Å². The number of ether oxygens (including phenoxy) is 1. The van der Waals surface area contributed by atoms with E-state index in [1.807, 2.05) is 24.3 Å². The lowest BCUT2D eigenvalue weighted by Gasteiger charge is -2.00. The standard InChI is InChI=1S/C9H5ClINOS/c10-8-5-14-9(12-8)13-7-3-1-6(11)2-4-7/h1-5H. The van der Waals surface area contributed by atoms with Crippen LogP contribution >= 0.6 is 45.5 Å². The molecule has 5 heteroatoms. The van der Waals surface area contributed by atoms with Gasteiger partial charge >= 0.3 is 0 Å². The topological polar surface area (TPSA) is 22.1 Å². The van der Waals surface area contributed by atoms with E-state index in [0.717, 1.165) is 5.75 Å². The second-order valence-electron chi connectivity index (χ2n) is 2.49. The molecule has 1 aromatic heterocycles. The van der Waals surface area contributed by atoms with Gasteiger partial charge in [0.2, 0.25) is 0 Å². The lowest BCUT2D eigenvalue weighted by molar-refractivity contribution is 0.479. The van der Waals surface area contributed by atoms with Gasteiger partial charge < -0.3 is 4.74 Å². The molecular weight excluding hydrogens is 333 g/mol. The molecule has 0 aliphatic carbocycles. The Bertz CT molecular complexity index is 429. The Morgan fingerprint density at radius 3 is 2.57 bits per heavy atom. The van der Waals surface area contributed by atoms with Crippen LogP contribution in [0.15, 0.2) is 29.6 Å². The third kappa shape index (κ3) is 2.59. The largest absolute Gasteiger partial charge is 0.431 e. The highest BCUT2D eigenvalue weighted by atomic mass is 127. The number of aromatic nitrogens is 1. The van der Waals surface area contributed by atoms with Crippen molar-refractivity contribution in [3.05, 3.63) is 38.4 Å². The van der Waals surface area contributed by atoms with Gasteiger partial charge in [0.1, 0.15) is 10.9 Å². The molecule has 0 saturated carbocycles. The normalized spacial score (nSPS) is 10.1. The average molecular weight is 338 g/mol. The maximum Gasteiger partial charge on any atom is 0.280 e. The van der Waals surface area contributed by atoms with Gasteiger partial charge in [-0.1, -0.05) is 22.9 Å². The summed E-state index contributed by atoms with van der Waals surface area (Å²) in [5.41, 5.74) is 0. The third-order valence-electron chi connectivity index (χ3n) is 1.47. The van der Waals surface area contributed by atoms with Gasteiger partial charge in [-0.05, 0) is 46.9 Å². The van der Waals surface area contributed by atoms with Crippen molar-refractivity contribution in [1.82, 2.24) is 4.98 Å². The summed E-state index contributed by atoms with van der Waals surface area (Å²) in [7, 11) is 0. The maximum atomic E-state index is 5.67. The minimum Gasteiger partial charge on any atom is -0.431 e. The Morgan fingerprint density at radius 2 is 2.00 bits per heavy atom. The maximum absolute atomic E-state index is 5.67. The van der Waals surface area contributed by atoms with Gasteiger partial charge in [-0.3, -0.25) is 0 Å². The van der Waals surface area contributed by atoms with Crippen LogP contribution in [-0.2, 0) is 0 Å². The van der Waals surface area contributed by atoms with Crippen molar-refractivity contribution in [3.8, 4) is 10.9 Å². The Labute approximate surface area is 104 Å². The Balaban J connectivity index is 2.15. The third-order valence-corrected chi connectivity index (χ3v) is 3.23. The van der Waals surface area contributed by atoms with Crippen LogP contribution in [0.3, 0.4) is 0 Å². The summed E-state index contributed by atoms with van der Waals surface area (Å²) in [5.74, 6) is 0.774. The van der Waals surface area contributed by atoms with E-state index >= 15 is 0 Å². The fourth-order valence-corrected chi connectivity index (χ4v) is 2.06. The van der Waals surface area contributed by atoms with Crippen LogP contribution in [0.1, 0.15) is 0 Å². The van der Waals surface area contributed by atoms with Gasteiger partial charge in [0, 0.05) is 8.95 Å². The summed E-state index contributed by atoms with van der Waals surface area (Å²) in [6, 6.07) is 7.75. The number of hydrogen-bond acceptors (Lipinski definition) is 3. The molecular formula is C9H5ClINOS. The summed E-state index contributed by atoms with van der Waals surface area (Å²) in [6.07, 6.45) is 0. The van der Waals surface area contributed by atoms with E-state index in [1.54, 1.807) is 5.38 Å². The fourth-order valence-electron chi connectivity index (χ4n) is 0.889. The minimum atomic E-state index is 0.468. The summed E-state index contributed by atoms with van der Waals surface area (Å²) in [4.78, 5) is 3.99. The molecule has 14 heavy (non-hydrogen) atoms. The first-order valence-corrected chi connectivity index (χ1v) is 6.12. The Hall–Kier alpha value is -0.330. The summed E-state index contributed by atoms with van der Waals surface area (Å²) < 4.78 is 6.65. The quantitative estimate of drug-likeness (QED) is 0.767. The smallest absolute Gasteiger partial charge is 0.280 e. The Kier molecular flexibility index (Phi) is 3.25. The number of benzene rings is 1. The average Bonchev–Trinajstić information content (AvgIpc) is 2.56. The van der Waals surface area contributed by atoms with E-state index in [2.05, 4.69) is 27.6 Å². The number of hydrogen-bond donors (Lipinski definition) is 0. The highest BCUT2D eigenvalue weighted by Crippen LogP contribution is 2.27. The predicted octanol–water partition coefficient (Wildman–Crippen LogP) is 4.19. The van der Waals surface area contributed by atoms with Crippen molar-refractivity contribution in [2.24, 2.45) is 0 Å². The highest BCUT2D eigenvalue weighted by Gasteiger charge is 2.01. The van der Waals surface area contributed by atoms with Crippen molar-refractivity contribution in [1.29, 1.82) is 0 Å². The van der Waals surface area contributed by atoms with Crippen LogP contribution in [-0.4, -0.2) is 4.98 Å². The molecule has 0 atom stereocenters. The molecule has 2 aromatic rings. The first-order valence-electron chi connectivity index (χ1n) is 3.78. The second kappa shape index (κ2) is 4.46. The van der Waals surface area contributed by atoms with Crippen LogP contribution in [0.4, 0.5) is 0 Å². The molecule has 0 N–H and O–H groups in total. The zero-order chi connectivity index (χ0) is 9.97. The summed E-state index contributed by atoms with van der Waals surface area (Å²) in [6.45, 7) is 0. The number of rotatable bonds is 2. The van der Waals surface area contributed by atoms with Gasteiger partial charge in [-0.2, -0.15) is 4.98 Å². The molecule has 1 heterocycles. The van der Waals surface area contributed by atoms with Crippen molar-refractivity contribution in [3.63, 3.8) is 0 Å². The van der Waals surface area contributed by atoms with Crippen molar-refractivity contribution in [2.45, 2.75) is 0 Å². The monoisotopic (exact) mass is 337 g/mol. The number of halogens is 2. The van der Waals surface area contributed by atoms with E-state index in [1.165, 1.54) is 14.9 Å². The highest BCUT2D eigenvalue weighted by molar-refractivity contribution is 14.1. The van der Waals surface area contributed by atoms with Gasteiger partial charge in [0.25, 0.3) is 5.19 Å². The van der Waals surface area contributed by atoms with Crippen molar-refractivity contribution >= 4 is 45.5 Å². The van der Waals surface area contributed by atoms with Crippen LogP contribution in [0.25, 0.3) is 0 Å².